The van der Waals surface area contributed by atoms with Crippen LogP contribution in [-0.2, 0) is 0 Å². The van der Waals surface area contributed by atoms with Gasteiger partial charge in [-0.3, -0.25) is 0 Å². The van der Waals surface area contributed by atoms with Gasteiger partial charge in [-0.05, 0) is 48.2 Å². The largest absolute Gasteiger partial charge is 0.151 e. The fourth-order valence-electron chi connectivity index (χ4n) is 3.10. The van der Waals surface area contributed by atoms with E-state index in [1.54, 1.807) is 0 Å². The van der Waals surface area contributed by atoms with Crippen molar-refractivity contribution in [1.82, 2.24) is 0 Å². The van der Waals surface area contributed by atoms with Crippen LogP contribution in [0.3, 0.4) is 0 Å². The third-order valence-corrected chi connectivity index (χ3v) is 6.89. The Kier molecular flexibility index (Phi) is 11.0. The summed E-state index contributed by atoms with van der Waals surface area (Å²) in [6.45, 7) is 4.48. The van der Waals surface area contributed by atoms with Crippen LogP contribution in [0.15, 0.2) is 58.8 Å². The van der Waals surface area contributed by atoms with Crippen LogP contribution in [0.1, 0.15) is 86.0 Å². The van der Waals surface area contributed by atoms with Crippen molar-refractivity contribution in [3.8, 4) is 0 Å². The van der Waals surface area contributed by atoms with Crippen LogP contribution in [-0.4, -0.2) is 0 Å². The number of nitrogens with zero attached hydrogens (tertiary/aromatic N) is 2. The van der Waals surface area contributed by atoms with E-state index in [4.69, 9.17) is 0 Å². The molecule has 2 nitrogen and oxygen atoms in total. The number of hydrogen-bond acceptors (Lipinski definition) is 2. The van der Waals surface area contributed by atoms with Gasteiger partial charge in [0.05, 0.1) is 11.4 Å². The SMILES string of the molecule is CCCCCC(Br)c1ccc(N=Nc2ccc(C(Br)CCCCC)cc2)cc1. The summed E-state index contributed by atoms with van der Waals surface area (Å²) in [5.41, 5.74) is 4.40. The van der Waals surface area contributed by atoms with E-state index in [2.05, 4.69) is 80.2 Å². The van der Waals surface area contributed by atoms with Crippen molar-refractivity contribution in [2.24, 2.45) is 10.2 Å². The maximum Gasteiger partial charge on any atom is 0.0857 e. The molecule has 152 valence electrons. The molecule has 0 fully saturated rings. The van der Waals surface area contributed by atoms with E-state index in [0.717, 1.165) is 11.4 Å². The first kappa shape index (κ1) is 23.3. The third kappa shape index (κ3) is 8.16. The number of azo groups is 1. The summed E-state index contributed by atoms with van der Waals surface area (Å²) in [6.07, 6.45) is 9.98. The molecule has 0 aliphatic heterocycles. The highest BCUT2D eigenvalue weighted by atomic mass is 79.9. The fraction of sp³-hybridized carbons (Fsp3) is 0.500. The lowest BCUT2D eigenvalue weighted by atomic mass is 10.1. The molecule has 28 heavy (non-hydrogen) atoms. The summed E-state index contributed by atoms with van der Waals surface area (Å²) in [7, 11) is 0. The number of halogens is 2. The fourth-order valence-corrected chi connectivity index (χ4v) is 4.35. The first-order valence-electron chi connectivity index (χ1n) is 10.5. The van der Waals surface area contributed by atoms with Crippen LogP contribution in [0, 0.1) is 0 Å². The molecule has 0 saturated carbocycles. The third-order valence-electron chi connectivity index (χ3n) is 4.91. The molecule has 2 aromatic rings. The van der Waals surface area contributed by atoms with Gasteiger partial charge < -0.3 is 0 Å². The predicted molar refractivity (Wildman–Crippen MR) is 129 cm³/mol. The van der Waals surface area contributed by atoms with Crippen molar-refractivity contribution in [3.05, 3.63) is 59.7 Å². The lowest BCUT2D eigenvalue weighted by molar-refractivity contribution is 0.664. The standard InChI is InChI=1S/C24H32Br2N2/c1-3-5-7-9-23(25)19-11-15-21(16-12-19)27-28-22-17-13-20(14-18-22)24(26)10-8-6-4-2/h11-18,23-24H,3-10H2,1-2H3. The summed E-state index contributed by atoms with van der Waals surface area (Å²) in [4.78, 5) is 0.846. The smallest absolute Gasteiger partial charge is 0.0857 e. The Hall–Kier alpha value is -1.00. The molecule has 0 saturated heterocycles. The van der Waals surface area contributed by atoms with Gasteiger partial charge in [0.15, 0.2) is 0 Å². The van der Waals surface area contributed by atoms with E-state index in [-0.39, 0.29) is 0 Å². The molecule has 0 aromatic heterocycles. The minimum Gasteiger partial charge on any atom is -0.151 e. The Morgan fingerprint density at radius 3 is 1.29 bits per heavy atom. The van der Waals surface area contributed by atoms with E-state index < -0.39 is 0 Å². The Labute approximate surface area is 187 Å². The second-order valence-corrected chi connectivity index (χ2v) is 9.52. The molecule has 0 radical (unpaired) electrons. The average Bonchev–Trinajstić information content (AvgIpc) is 2.73. The highest BCUT2D eigenvalue weighted by molar-refractivity contribution is 9.09. The molecule has 0 aliphatic carbocycles. The number of benzene rings is 2. The zero-order chi connectivity index (χ0) is 20.2. The van der Waals surface area contributed by atoms with Crippen molar-refractivity contribution in [1.29, 1.82) is 0 Å². The van der Waals surface area contributed by atoms with Gasteiger partial charge in [-0.25, -0.2) is 0 Å². The van der Waals surface area contributed by atoms with Gasteiger partial charge in [-0.15, -0.1) is 0 Å². The highest BCUT2D eigenvalue weighted by Gasteiger charge is 2.08. The minimum absolute atomic E-state index is 0.423. The van der Waals surface area contributed by atoms with E-state index in [1.807, 2.05) is 24.3 Å². The van der Waals surface area contributed by atoms with Gasteiger partial charge in [-0.2, -0.15) is 10.2 Å². The van der Waals surface area contributed by atoms with E-state index >= 15 is 0 Å². The van der Waals surface area contributed by atoms with Crippen molar-refractivity contribution >= 4 is 43.2 Å². The number of alkyl halides is 2. The molecule has 2 aromatic carbocycles. The molecule has 2 rings (SSSR count). The molecule has 2 atom stereocenters. The predicted octanol–water partition coefficient (Wildman–Crippen LogP) is 10.1. The van der Waals surface area contributed by atoms with Crippen LogP contribution in [0.4, 0.5) is 11.4 Å². The Balaban J connectivity index is 1.89. The molecule has 0 aliphatic rings. The van der Waals surface area contributed by atoms with E-state index in [1.165, 1.54) is 62.5 Å². The quantitative estimate of drug-likeness (QED) is 0.155. The molecular formula is C24H32Br2N2. The summed E-state index contributed by atoms with van der Waals surface area (Å²) in [5.74, 6) is 0. The summed E-state index contributed by atoms with van der Waals surface area (Å²) >= 11 is 7.59. The molecule has 0 spiro atoms. The van der Waals surface area contributed by atoms with Gasteiger partial charge in [0.1, 0.15) is 0 Å². The highest BCUT2D eigenvalue weighted by Crippen LogP contribution is 2.31. The maximum atomic E-state index is 4.39. The molecule has 4 heteroatoms. The Morgan fingerprint density at radius 2 is 0.964 bits per heavy atom. The first-order valence-corrected chi connectivity index (χ1v) is 12.4. The lowest BCUT2D eigenvalue weighted by Crippen LogP contribution is -1.89. The summed E-state index contributed by atoms with van der Waals surface area (Å²) in [5, 5.41) is 8.77. The second kappa shape index (κ2) is 13.3. The molecular weight excluding hydrogens is 476 g/mol. The van der Waals surface area contributed by atoms with Gasteiger partial charge in [0.2, 0.25) is 0 Å². The number of rotatable bonds is 12. The molecule has 0 bridgehead atoms. The molecule has 0 amide bonds. The number of hydrogen-bond donors (Lipinski definition) is 0. The van der Waals surface area contributed by atoms with Crippen LogP contribution < -0.4 is 0 Å². The Morgan fingerprint density at radius 1 is 0.607 bits per heavy atom. The zero-order valence-corrected chi connectivity index (χ0v) is 20.3. The van der Waals surface area contributed by atoms with Gasteiger partial charge >= 0.3 is 0 Å². The normalized spacial score (nSPS) is 13.7. The average molecular weight is 508 g/mol. The topological polar surface area (TPSA) is 24.7 Å². The van der Waals surface area contributed by atoms with Crippen LogP contribution in [0.25, 0.3) is 0 Å². The van der Waals surface area contributed by atoms with E-state index in [9.17, 15) is 0 Å². The molecule has 2 unspecified atom stereocenters. The molecule has 0 N–H and O–H groups in total. The van der Waals surface area contributed by atoms with Gasteiger partial charge in [-0.1, -0.05) is 108 Å². The number of unbranched alkanes of at least 4 members (excludes halogenated alkanes) is 4. The van der Waals surface area contributed by atoms with Gasteiger partial charge in [0.25, 0.3) is 0 Å². The van der Waals surface area contributed by atoms with Gasteiger partial charge in [0, 0.05) is 9.65 Å². The summed E-state index contributed by atoms with van der Waals surface area (Å²) < 4.78 is 0. The second-order valence-electron chi connectivity index (χ2n) is 7.31. The van der Waals surface area contributed by atoms with Crippen molar-refractivity contribution in [2.45, 2.75) is 74.9 Å². The van der Waals surface area contributed by atoms with Crippen LogP contribution in [0.2, 0.25) is 0 Å². The maximum absolute atomic E-state index is 4.39. The minimum atomic E-state index is 0.423. The molecule has 0 heterocycles. The van der Waals surface area contributed by atoms with Crippen molar-refractivity contribution in [2.75, 3.05) is 0 Å². The summed E-state index contributed by atoms with van der Waals surface area (Å²) in [6, 6.07) is 16.8. The zero-order valence-electron chi connectivity index (χ0n) is 17.1. The first-order chi connectivity index (χ1) is 13.6. The monoisotopic (exact) mass is 506 g/mol. The van der Waals surface area contributed by atoms with Crippen molar-refractivity contribution in [3.63, 3.8) is 0 Å². The Bertz CT molecular complexity index is 634. The van der Waals surface area contributed by atoms with Crippen LogP contribution in [0.5, 0.6) is 0 Å². The van der Waals surface area contributed by atoms with E-state index in [0.29, 0.717) is 9.65 Å². The van der Waals surface area contributed by atoms with Crippen molar-refractivity contribution < 1.29 is 0 Å². The van der Waals surface area contributed by atoms with Crippen LogP contribution >= 0.6 is 31.9 Å². The lowest BCUT2D eigenvalue weighted by Gasteiger charge is -2.10.